The summed E-state index contributed by atoms with van der Waals surface area (Å²) in [6.45, 7) is 0. The van der Waals surface area contributed by atoms with Gasteiger partial charge in [-0.15, -0.1) is 0 Å². The maximum Gasteiger partial charge on any atom is 0.434 e. The molecule has 0 radical (unpaired) electrons. The Labute approximate surface area is 177 Å². The summed E-state index contributed by atoms with van der Waals surface area (Å²) in [5.41, 5.74) is 0.834. The highest BCUT2D eigenvalue weighted by Crippen LogP contribution is 2.32. The van der Waals surface area contributed by atoms with Gasteiger partial charge in [0.05, 0.1) is 11.3 Å². The number of aliphatic imine (C=N–C) groups is 1. The number of nitrogens with zero attached hydrogens (tertiary/aromatic N) is 2. The number of amides is 1. The van der Waals surface area contributed by atoms with Gasteiger partial charge in [-0.3, -0.25) is 9.78 Å². The van der Waals surface area contributed by atoms with Crippen LogP contribution in [-0.4, -0.2) is 22.8 Å². The fraction of sp³-hybridized carbons (Fsp3) is 0.0952. The SMILES string of the molecule is NC=C(C(=O)Nc1ccnc(C(F)(F)F)c1)C(=Nc1cccc2ccccc12)C(F)(F)F. The Kier molecular flexibility index (Phi) is 6.19. The number of carbonyl (C=O) groups excluding carboxylic acids is 1. The largest absolute Gasteiger partial charge is 0.434 e. The predicted octanol–water partition coefficient (Wildman–Crippen LogP) is 5.37. The van der Waals surface area contributed by atoms with Crippen molar-refractivity contribution in [3.05, 3.63) is 78.3 Å². The molecule has 0 aliphatic heterocycles. The number of carbonyl (C=O) groups is 1. The van der Waals surface area contributed by atoms with Crippen molar-refractivity contribution in [2.24, 2.45) is 10.7 Å². The first-order valence-electron chi connectivity index (χ1n) is 8.91. The number of hydrogen-bond acceptors (Lipinski definition) is 4. The third-order valence-electron chi connectivity index (χ3n) is 4.24. The summed E-state index contributed by atoms with van der Waals surface area (Å²) in [6, 6.07) is 12.5. The lowest BCUT2D eigenvalue weighted by Crippen LogP contribution is -2.32. The summed E-state index contributed by atoms with van der Waals surface area (Å²) in [6.07, 6.45) is -8.73. The summed E-state index contributed by atoms with van der Waals surface area (Å²) < 4.78 is 79.8. The topological polar surface area (TPSA) is 80.4 Å². The van der Waals surface area contributed by atoms with Crippen LogP contribution in [0.15, 0.2) is 77.6 Å². The van der Waals surface area contributed by atoms with E-state index < -0.39 is 40.9 Å². The normalized spacial score (nSPS) is 13.3. The Morgan fingerprint density at radius 3 is 2.34 bits per heavy atom. The molecule has 0 saturated carbocycles. The molecule has 1 heterocycles. The van der Waals surface area contributed by atoms with Gasteiger partial charge in [0.2, 0.25) is 0 Å². The van der Waals surface area contributed by atoms with E-state index >= 15 is 0 Å². The molecule has 0 unspecified atom stereocenters. The quantitative estimate of drug-likeness (QED) is 0.317. The number of alkyl halides is 6. The Bertz CT molecular complexity index is 1210. The van der Waals surface area contributed by atoms with Crippen LogP contribution in [0.2, 0.25) is 0 Å². The molecule has 0 aliphatic rings. The van der Waals surface area contributed by atoms with Crippen LogP contribution in [0, 0.1) is 0 Å². The van der Waals surface area contributed by atoms with E-state index in [4.69, 9.17) is 5.73 Å². The molecule has 3 rings (SSSR count). The number of benzene rings is 2. The summed E-state index contributed by atoms with van der Waals surface area (Å²) in [4.78, 5) is 19.3. The van der Waals surface area contributed by atoms with Crippen LogP contribution in [-0.2, 0) is 11.0 Å². The average Bonchev–Trinajstić information content (AvgIpc) is 2.72. The van der Waals surface area contributed by atoms with Gasteiger partial charge in [-0.1, -0.05) is 36.4 Å². The first-order valence-corrected chi connectivity index (χ1v) is 8.91. The molecule has 5 nitrogen and oxygen atoms in total. The predicted molar refractivity (Wildman–Crippen MR) is 107 cm³/mol. The van der Waals surface area contributed by atoms with E-state index in [1.807, 2.05) is 5.32 Å². The number of nitrogens with two attached hydrogens (primary N) is 1. The Morgan fingerprint density at radius 1 is 1.00 bits per heavy atom. The minimum atomic E-state index is -5.09. The minimum Gasteiger partial charge on any atom is -0.404 e. The molecule has 2 aromatic carbocycles. The van der Waals surface area contributed by atoms with Crippen molar-refractivity contribution in [1.29, 1.82) is 0 Å². The van der Waals surface area contributed by atoms with Crippen LogP contribution < -0.4 is 11.1 Å². The van der Waals surface area contributed by atoms with Crippen LogP contribution >= 0.6 is 0 Å². The van der Waals surface area contributed by atoms with Gasteiger partial charge in [-0.25, -0.2) is 4.99 Å². The molecule has 1 aromatic heterocycles. The first-order chi connectivity index (χ1) is 15.0. The van der Waals surface area contributed by atoms with Gasteiger partial charge in [0.25, 0.3) is 5.91 Å². The fourth-order valence-electron chi connectivity index (χ4n) is 2.83. The van der Waals surface area contributed by atoms with Gasteiger partial charge in [-0.2, -0.15) is 26.3 Å². The van der Waals surface area contributed by atoms with Gasteiger partial charge >= 0.3 is 12.4 Å². The first kappa shape index (κ1) is 22.8. The van der Waals surface area contributed by atoms with E-state index in [1.165, 1.54) is 12.1 Å². The molecule has 3 N–H and O–H groups in total. The number of fused-ring (bicyclic) bond motifs is 1. The van der Waals surface area contributed by atoms with Gasteiger partial charge in [0, 0.05) is 23.5 Å². The van der Waals surface area contributed by atoms with Crippen LogP contribution in [0.3, 0.4) is 0 Å². The van der Waals surface area contributed by atoms with Gasteiger partial charge in [0.1, 0.15) is 5.69 Å². The number of rotatable bonds is 4. The molecule has 1 amide bonds. The standard InChI is InChI=1S/C21H14F6N4O/c22-20(23,24)17-10-13(8-9-29-17)30-19(32)15(11-28)18(21(25,26)27)31-16-7-3-5-12-4-1-2-6-14(12)16/h1-11H,28H2,(H,29,30,32). The van der Waals surface area contributed by atoms with Gasteiger partial charge in [-0.05, 0) is 23.6 Å². The van der Waals surface area contributed by atoms with E-state index in [2.05, 4.69) is 9.98 Å². The molecule has 0 saturated heterocycles. The second-order valence-corrected chi connectivity index (χ2v) is 6.42. The Balaban J connectivity index is 2.02. The molecule has 0 spiro atoms. The maximum atomic E-state index is 13.8. The van der Waals surface area contributed by atoms with Crippen LogP contribution in [0.5, 0.6) is 0 Å². The Morgan fingerprint density at radius 2 is 1.69 bits per heavy atom. The van der Waals surface area contributed by atoms with Crippen LogP contribution in [0.4, 0.5) is 37.7 Å². The third kappa shape index (κ3) is 5.05. The second kappa shape index (κ2) is 8.69. The maximum absolute atomic E-state index is 13.8. The summed E-state index contributed by atoms with van der Waals surface area (Å²) in [5.74, 6) is -1.39. The van der Waals surface area contributed by atoms with Crippen molar-refractivity contribution in [1.82, 2.24) is 4.98 Å². The smallest absolute Gasteiger partial charge is 0.404 e. The number of hydrogen-bond donors (Lipinski definition) is 2. The molecule has 32 heavy (non-hydrogen) atoms. The van der Waals surface area contributed by atoms with Crippen molar-refractivity contribution in [3.8, 4) is 0 Å². The van der Waals surface area contributed by atoms with Crippen LogP contribution in [0.25, 0.3) is 10.8 Å². The number of pyridine rings is 1. The van der Waals surface area contributed by atoms with Gasteiger partial charge in [0.15, 0.2) is 5.71 Å². The van der Waals surface area contributed by atoms with Crippen molar-refractivity contribution in [3.63, 3.8) is 0 Å². The molecule has 0 fully saturated rings. The van der Waals surface area contributed by atoms with E-state index in [9.17, 15) is 31.1 Å². The van der Waals surface area contributed by atoms with E-state index in [0.717, 1.165) is 12.3 Å². The van der Waals surface area contributed by atoms with Gasteiger partial charge < -0.3 is 11.1 Å². The molecule has 11 heteroatoms. The van der Waals surface area contributed by atoms with E-state index in [1.54, 1.807) is 30.3 Å². The monoisotopic (exact) mass is 452 g/mol. The molecule has 0 bridgehead atoms. The molecule has 0 atom stereocenters. The van der Waals surface area contributed by atoms with Crippen molar-refractivity contribution in [2.45, 2.75) is 12.4 Å². The molecule has 166 valence electrons. The van der Waals surface area contributed by atoms with Crippen molar-refractivity contribution >= 4 is 33.8 Å². The summed E-state index contributed by atoms with van der Waals surface area (Å²) in [7, 11) is 0. The summed E-state index contributed by atoms with van der Waals surface area (Å²) >= 11 is 0. The second-order valence-electron chi connectivity index (χ2n) is 6.42. The zero-order chi connectivity index (χ0) is 23.5. The van der Waals surface area contributed by atoms with Crippen molar-refractivity contribution < 1.29 is 31.1 Å². The zero-order valence-corrected chi connectivity index (χ0v) is 16.0. The average molecular weight is 452 g/mol. The number of nitrogens with one attached hydrogen (secondary N) is 1. The van der Waals surface area contributed by atoms with E-state index in [0.29, 0.717) is 23.0 Å². The highest BCUT2D eigenvalue weighted by molar-refractivity contribution is 6.27. The number of halogens is 6. The summed E-state index contributed by atoms with van der Waals surface area (Å²) in [5, 5.41) is 2.99. The lowest BCUT2D eigenvalue weighted by molar-refractivity contribution is -0.141. The van der Waals surface area contributed by atoms with E-state index in [-0.39, 0.29) is 5.69 Å². The fourth-order valence-corrected chi connectivity index (χ4v) is 2.83. The molecule has 0 aliphatic carbocycles. The van der Waals surface area contributed by atoms with Crippen molar-refractivity contribution in [2.75, 3.05) is 5.32 Å². The zero-order valence-electron chi connectivity index (χ0n) is 16.0. The highest BCUT2D eigenvalue weighted by atomic mass is 19.4. The Hall–Kier alpha value is -3.89. The minimum absolute atomic E-state index is 0.0640. The number of aromatic nitrogens is 1. The third-order valence-corrected chi connectivity index (χ3v) is 4.24. The number of anilines is 1. The van der Waals surface area contributed by atoms with Crippen LogP contribution in [0.1, 0.15) is 5.69 Å². The molecule has 3 aromatic rings. The lowest BCUT2D eigenvalue weighted by atomic mass is 10.1. The molecular formula is C21H14F6N4O. The highest BCUT2D eigenvalue weighted by Gasteiger charge is 2.41. The molecular weight excluding hydrogens is 438 g/mol. The lowest BCUT2D eigenvalue weighted by Gasteiger charge is -2.15.